The number of ether oxygens (including phenoxy) is 1. The lowest BCUT2D eigenvalue weighted by Gasteiger charge is -2.20. The molecule has 0 unspecified atom stereocenters. The van der Waals surface area contributed by atoms with E-state index >= 15 is 0 Å². The highest BCUT2D eigenvalue weighted by atomic mass is 79.9. The molecule has 6 heteroatoms. The van der Waals surface area contributed by atoms with Crippen molar-refractivity contribution in [1.29, 1.82) is 0 Å². The van der Waals surface area contributed by atoms with Crippen LogP contribution in [-0.4, -0.2) is 23.5 Å². The third-order valence-electron chi connectivity index (χ3n) is 4.59. The molecule has 3 rings (SSSR count). The van der Waals surface area contributed by atoms with Gasteiger partial charge in [-0.1, -0.05) is 40.2 Å². The molecule has 0 aliphatic carbocycles. The number of hydrogen-bond donors (Lipinski definition) is 2. The third kappa shape index (κ3) is 5.70. The zero-order valence-corrected chi connectivity index (χ0v) is 18.1. The largest absolute Gasteiger partial charge is 0.508 e. The number of Topliss-reactive ketones (excluding diaryl/α,β-unsaturated/α-hetero) is 1. The Balaban J connectivity index is 1.81. The Kier molecular flexibility index (Phi) is 7.25. The average molecular weight is 468 g/mol. The Hall–Kier alpha value is -3.12. The zero-order chi connectivity index (χ0) is 21.5. The molecule has 0 radical (unpaired) electrons. The molecule has 154 valence electrons. The Morgan fingerprint density at radius 1 is 0.933 bits per heavy atom. The van der Waals surface area contributed by atoms with Crippen LogP contribution in [0.1, 0.15) is 45.7 Å². The number of esters is 1. The maximum atomic E-state index is 12.8. The predicted octanol–water partition coefficient (Wildman–Crippen LogP) is 5.76. The van der Waals surface area contributed by atoms with Crippen LogP contribution in [0.2, 0.25) is 0 Å². The summed E-state index contributed by atoms with van der Waals surface area (Å²) in [6, 6.07) is 20.6. The molecule has 0 aliphatic heterocycles. The number of carbonyl (C=O) groups is 2. The summed E-state index contributed by atoms with van der Waals surface area (Å²) in [5.41, 5.74) is 2.73. The maximum Gasteiger partial charge on any atom is 0.338 e. The van der Waals surface area contributed by atoms with Gasteiger partial charge in [-0.3, -0.25) is 4.79 Å². The summed E-state index contributed by atoms with van der Waals surface area (Å²) < 4.78 is 5.92. The molecule has 5 nitrogen and oxygen atoms in total. The van der Waals surface area contributed by atoms with Crippen molar-refractivity contribution in [1.82, 2.24) is 0 Å². The Morgan fingerprint density at radius 2 is 1.53 bits per heavy atom. The molecule has 3 aromatic carbocycles. The van der Waals surface area contributed by atoms with E-state index < -0.39 is 0 Å². The van der Waals surface area contributed by atoms with Crippen molar-refractivity contribution in [2.75, 3.05) is 11.9 Å². The van der Waals surface area contributed by atoms with Crippen molar-refractivity contribution in [3.8, 4) is 5.75 Å². The fraction of sp³-hybridized carbons (Fsp3) is 0.167. The molecule has 0 saturated heterocycles. The van der Waals surface area contributed by atoms with Gasteiger partial charge in [0.25, 0.3) is 0 Å². The van der Waals surface area contributed by atoms with E-state index in [1.807, 2.05) is 12.1 Å². The number of rotatable bonds is 8. The number of aromatic hydroxyl groups is 1. The first kappa shape index (κ1) is 21.6. The van der Waals surface area contributed by atoms with Gasteiger partial charge in [0.05, 0.1) is 18.2 Å². The number of ketones is 1. The molecule has 0 fully saturated rings. The summed E-state index contributed by atoms with van der Waals surface area (Å²) in [6.45, 7) is 2.08. The first-order chi connectivity index (χ1) is 14.5. The zero-order valence-electron chi connectivity index (χ0n) is 16.5. The van der Waals surface area contributed by atoms with Crippen LogP contribution >= 0.6 is 15.9 Å². The molecule has 0 bridgehead atoms. The second kappa shape index (κ2) is 10.1. The normalized spacial score (nSPS) is 11.5. The summed E-state index contributed by atoms with van der Waals surface area (Å²) in [7, 11) is 0. The number of phenolic OH excluding ortho intramolecular Hbond substituents is 1. The Bertz CT molecular complexity index is 999. The molecule has 0 saturated carbocycles. The number of hydrogen-bond acceptors (Lipinski definition) is 5. The van der Waals surface area contributed by atoms with Crippen molar-refractivity contribution in [3.63, 3.8) is 0 Å². The van der Waals surface area contributed by atoms with Crippen LogP contribution in [-0.2, 0) is 4.74 Å². The van der Waals surface area contributed by atoms with Crippen molar-refractivity contribution in [2.24, 2.45) is 0 Å². The van der Waals surface area contributed by atoms with Gasteiger partial charge >= 0.3 is 5.97 Å². The summed E-state index contributed by atoms with van der Waals surface area (Å²) in [5.74, 6) is -0.212. The molecule has 3 aromatic rings. The number of carbonyl (C=O) groups excluding carboxylic acids is 2. The average Bonchev–Trinajstić information content (AvgIpc) is 2.75. The fourth-order valence-electron chi connectivity index (χ4n) is 3.02. The minimum atomic E-state index is -0.371. The van der Waals surface area contributed by atoms with Crippen LogP contribution in [0.25, 0.3) is 0 Å². The van der Waals surface area contributed by atoms with Gasteiger partial charge in [-0.05, 0) is 61.0 Å². The predicted molar refractivity (Wildman–Crippen MR) is 120 cm³/mol. The molecule has 1 atom stereocenters. The number of benzene rings is 3. The summed E-state index contributed by atoms with van der Waals surface area (Å²) in [4.78, 5) is 24.7. The minimum Gasteiger partial charge on any atom is -0.508 e. The summed E-state index contributed by atoms with van der Waals surface area (Å²) >= 11 is 3.38. The maximum absolute atomic E-state index is 12.8. The topological polar surface area (TPSA) is 75.6 Å². The molecule has 2 N–H and O–H groups in total. The van der Waals surface area contributed by atoms with Gasteiger partial charge in [0.15, 0.2) is 5.78 Å². The van der Waals surface area contributed by atoms with Gasteiger partial charge in [0, 0.05) is 22.1 Å². The first-order valence-corrected chi connectivity index (χ1v) is 10.4. The number of halogens is 1. The first-order valence-electron chi connectivity index (χ1n) is 9.57. The summed E-state index contributed by atoms with van der Waals surface area (Å²) in [6.07, 6.45) is 0.228. The molecule has 0 spiro atoms. The van der Waals surface area contributed by atoms with Crippen molar-refractivity contribution in [2.45, 2.75) is 19.4 Å². The van der Waals surface area contributed by atoms with Crippen molar-refractivity contribution >= 4 is 33.4 Å². The van der Waals surface area contributed by atoms with E-state index in [0.29, 0.717) is 17.7 Å². The van der Waals surface area contributed by atoms with E-state index in [2.05, 4.69) is 21.2 Å². The lowest BCUT2D eigenvalue weighted by molar-refractivity contribution is 0.0526. The van der Waals surface area contributed by atoms with E-state index in [1.54, 1.807) is 67.6 Å². The van der Waals surface area contributed by atoms with Gasteiger partial charge in [-0.25, -0.2) is 4.79 Å². The van der Waals surface area contributed by atoms with E-state index in [4.69, 9.17) is 4.74 Å². The summed E-state index contributed by atoms with van der Waals surface area (Å²) in [5, 5.41) is 13.0. The molecule has 0 aliphatic rings. The fourth-order valence-corrected chi connectivity index (χ4v) is 3.28. The van der Waals surface area contributed by atoms with Gasteiger partial charge < -0.3 is 15.2 Å². The third-order valence-corrected chi connectivity index (χ3v) is 5.12. The van der Waals surface area contributed by atoms with E-state index in [-0.39, 0.29) is 30.0 Å². The van der Waals surface area contributed by atoms with Crippen LogP contribution in [0, 0.1) is 0 Å². The van der Waals surface area contributed by atoms with Gasteiger partial charge in [0.1, 0.15) is 5.75 Å². The lowest BCUT2D eigenvalue weighted by atomic mass is 9.97. The van der Waals surface area contributed by atoms with E-state index in [0.717, 1.165) is 15.7 Å². The Morgan fingerprint density at radius 3 is 2.13 bits per heavy atom. The van der Waals surface area contributed by atoms with Crippen molar-refractivity contribution < 1.29 is 19.4 Å². The number of phenols is 1. The van der Waals surface area contributed by atoms with E-state index in [1.165, 1.54) is 0 Å². The highest BCUT2D eigenvalue weighted by molar-refractivity contribution is 9.10. The van der Waals surface area contributed by atoms with Crippen LogP contribution in [0.5, 0.6) is 5.75 Å². The quantitative estimate of drug-likeness (QED) is 0.325. The molecular formula is C24H22BrNO4. The molecule has 0 heterocycles. The molecule has 30 heavy (non-hydrogen) atoms. The van der Waals surface area contributed by atoms with Crippen molar-refractivity contribution in [3.05, 3.63) is 94.0 Å². The second-order valence-electron chi connectivity index (χ2n) is 6.72. The highest BCUT2D eigenvalue weighted by Crippen LogP contribution is 2.26. The molecule has 0 amide bonds. The Labute approximate surface area is 183 Å². The van der Waals surface area contributed by atoms with Gasteiger partial charge in [-0.2, -0.15) is 0 Å². The SMILES string of the molecule is CCOC(=O)c1ccc(N[C@H](CC(=O)c2ccc(Br)cc2)c2ccc(O)cc2)cc1. The standard InChI is InChI=1S/C24H22BrNO4/c1-2-30-24(29)18-5-11-20(12-6-18)26-22(16-7-13-21(27)14-8-16)15-23(28)17-3-9-19(25)10-4-17/h3-14,22,26-27H,2,15H2,1H3/t22-/m1/s1. The highest BCUT2D eigenvalue weighted by Gasteiger charge is 2.18. The van der Waals surface area contributed by atoms with Crippen LogP contribution < -0.4 is 5.32 Å². The van der Waals surface area contributed by atoms with Crippen LogP contribution in [0.3, 0.4) is 0 Å². The molecular weight excluding hydrogens is 446 g/mol. The van der Waals surface area contributed by atoms with E-state index in [9.17, 15) is 14.7 Å². The van der Waals surface area contributed by atoms with Gasteiger partial charge in [0.2, 0.25) is 0 Å². The smallest absolute Gasteiger partial charge is 0.338 e. The number of anilines is 1. The number of nitrogens with one attached hydrogen (secondary N) is 1. The monoisotopic (exact) mass is 467 g/mol. The van der Waals surface area contributed by atoms with Gasteiger partial charge in [-0.15, -0.1) is 0 Å². The lowest BCUT2D eigenvalue weighted by Crippen LogP contribution is -2.16. The van der Waals surface area contributed by atoms with Crippen LogP contribution in [0.4, 0.5) is 5.69 Å². The second-order valence-corrected chi connectivity index (χ2v) is 7.64. The minimum absolute atomic E-state index is 0.00350. The van der Waals surface area contributed by atoms with Crippen LogP contribution in [0.15, 0.2) is 77.3 Å². The molecule has 0 aromatic heterocycles.